The van der Waals surface area contributed by atoms with E-state index in [1.54, 1.807) is 6.08 Å². The zero-order chi connectivity index (χ0) is 27.4. The van der Waals surface area contributed by atoms with Crippen molar-refractivity contribution in [3.05, 3.63) is 101 Å². The lowest BCUT2D eigenvalue weighted by molar-refractivity contribution is -0.127. The number of rotatable bonds is 9. The summed E-state index contributed by atoms with van der Waals surface area (Å²) in [5.41, 5.74) is 3.38. The highest BCUT2D eigenvalue weighted by Gasteiger charge is 2.36. The number of ether oxygens (including phenoxy) is 1. The molecule has 1 fully saturated rings. The first-order valence-electron chi connectivity index (χ1n) is 12.5. The Balaban J connectivity index is 1.26. The average molecular weight is 544 g/mol. The van der Waals surface area contributed by atoms with Gasteiger partial charge in [-0.05, 0) is 73.6 Å². The van der Waals surface area contributed by atoms with Crippen LogP contribution < -0.4 is 10.1 Å². The number of halogens is 1. The topological polar surface area (TPSA) is 80.6 Å². The summed E-state index contributed by atoms with van der Waals surface area (Å²) < 4.78 is 21.1. The summed E-state index contributed by atoms with van der Waals surface area (Å²) >= 11 is 0.804. The minimum Gasteiger partial charge on any atom is -0.494 e. The maximum atomic E-state index is 13.1. The van der Waals surface area contributed by atoms with Gasteiger partial charge in [0.15, 0.2) is 0 Å². The molecular weight excluding hydrogens is 517 g/mol. The third-order valence-electron chi connectivity index (χ3n) is 6.24. The van der Waals surface area contributed by atoms with Gasteiger partial charge in [0, 0.05) is 34.9 Å². The maximum absolute atomic E-state index is 13.1. The molecule has 0 radical (unpaired) electrons. The summed E-state index contributed by atoms with van der Waals surface area (Å²) in [6.45, 7) is 2.88. The molecule has 0 bridgehead atoms. The molecule has 0 atom stereocenters. The number of amides is 3. The Labute approximate surface area is 229 Å². The zero-order valence-corrected chi connectivity index (χ0v) is 22.0. The van der Waals surface area contributed by atoms with Gasteiger partial charge in [-0.25, -0.2) is 4.39 Å². The molecule has 0 saturated carbocycles. The number of nitrogens with one attached hydrogen (secondary N) is 1. The van der Waals surface area contributed by atoms with Crippen LogP contribution in [0.3, 0.4) is 0 Å². The predicted molar refractivity (Wildman–Crippen MR) is 151 cm³/mol. The van der Waals surface area contributed by atoms with Gasteiger partial charge in [-0.3, -0.25) is 19.3 Å². The van der Waals surface area contributed by atoms with Gasteiger partial charge in [0.2, 0.25) is 5.91 Å². The second kappa shape index (κ2) is 11.6. The van der Waals surface area contributed by atoms with E-state index in [4.69, 9.17) is 4.74 Å². The molecule has 198 valence electrons. The van der Waals surface area contributed by atoms with Gasteiger partial charge in [-0.1, -0.05) is 35.9 Å². The van der Waals surface area contributed by atoms with Crippen LogP contribution in [0.2, 0.25) is 0 Å². The van der Waals surface area contributed by atoms with Gasteiger partial charge in [0.25, 0.3) is 11.1 Å². The van der Waals surface area contributed by atoms with E-state index < -0.39 is 29.4 Å². The summed E-state index contributed by atoms with van der Waals surface area (Å²) in [4.78, 5) is 39.2. The van der Waals surface area contributed by atoms with Gasteiger partial charge < -0.3 is 14.6 Å². The van der Waals surface area contributed by atoms with E-state index >= 15 is 0 Å². The first kappa shape index (κ1) is 26.2. The summed E-state index contributed by atoms with van der Waals surface area (Å²) in [7, 11) is 0. The van der Waals surface area contributed by atoms with Crippen molar-refractivity contribution in [1.82, 2.24) is 9.47 Å². The number of nitrogens with zero attached hydrogens (tertiary/aromatic N) is 2. The number of imide groups is 1. The fourth-order valence-electron chi connectivity index (χ4n) is 4.29. The van der Waals surface area contributed by atoms with Crippen molar-refractivity contribution < 1.29 is 23.5 Å². The van der Waals surface area contributed by atoms with E-state index in [2.05, 4.69) is 9.88 Å². The monoisotopic (exact) mass is 543 g/mol. The number of carbonyl (C=O) groups excluding carboxylic acids is 3. The van der Waals surface area contributed by atoms with E-state index in [9.17, 15) is 18.8 Å². The number of carbonyl (C=O) groups is 3. The van der Waals surface area contributed by atoms with Crippen LogP contribution in [0.25, 0.3) is 17.0 Å². The van der Waals surface area contributed by atoms with E-state index in [1.165, 1.54) is 29.8 Å². The maximum Gasteiger partial charge on any atom is 0.294 e. The van der Waals surface area contributed by atoms with Crippen molar-refractivity contribution in [2.24, 2.45) is 0 Å². The smallest absolute Gasteiger partial charge is 0.294 e. The fraction of sp³-hybridized carbons (Fsp3) is 0.167. The normalized spacial score (nSPS) is 14.4. The van der Waals surface area contributed by atoms with Crippen LogP contribution in [0.15, 0.2) is 83.9 Å². The molecule has 9 heteroatoms. The molecule has 1 aliphatic heterocycles. The molecule has 1 aliphatic rings. The van der Waals surface area contributed by atoms with Crippen LogP contribution in [0.1, 0.15) is 17.5 Å². The first-order valence-corrected chi connectivity index (χ1v) is 13.3. The van der Waals surface area contributed by atoms with Gasteiger partial charge in [-0.2, -0.15) is 0 Å². The van der Waals surface area contributed by atoms with Gasteiger partial charge >= 0.3 is 0 Å². The minimum atomic E-state index is -0.547. The zero-order valence-electron chi connectivity index (χ0n) is 21.2. The molecule has 0 unspecified atom stereocenters. The lowest BCUT2D eigenvalue weighted by Crippen LogP contribution is -2.36. The van der Waals surface area contributed by atoms with Gasteiger partial charge in [0.1, 0.15) is 18.1 Å². The van der Waals surface area contributed by atoms with Gasteiger partial charge in [-0.15, -0.1) is 0 Å². The lowest BCUT2D eigenvalue weighted by Gasteiger charge is -2.12. The molecule has 3 amide bonds. The van der Waals surface area contributed by atoms with Crippen molar-refractivity contribution in [2.75, 3.05) is 18.5 Å². The molecule has 1 N–H and O–H groups in total. The van der Waals surface area contributed by atoms with Crippen LogP contribution in [0.4, 0.5) is 14.9 Å². The third kappa shape index (κ3) is 6.21. The minimum absolute atomic E-state index is 0.250. The van der Waals surface area contributed by atoms with Crippen molar-refractivity contribution in [3.63, 3.8) is 0 Å². The highest BCUT2D eigenvalue weighted by Crippen LogP contribution is 2.34. The average Bonchev–Trinajstić information content (AvgIpc) is 3.41. The number of benzene rings is 3. The van der Waals surface area contributed by atoms with E-state index in [0.29, 0.717) is 18.8 Å². The van der Waals surface area contributed by atoms with Crippen molar-refractivity contribution >= 4 is 51.5 Å². The van der Waals surface area contributed by atoms with Crippen molar-refractivity contribution in [3.8, 4) is 5.75 Å². The Morgan fingerprint density at radius 3 is 2.54 bits per heavy atom. The number of para-hydroxylation sites is 1. The number of aryl methyl sites for hydroxylation is 2. The highest BCUT2D eigenvalue weighted by atomic mass is 32.2. The quantitative estimate of drug-likeness (QED) is 0.200. The highest BCUT2D eigenvalue weighted by molar-refractivity contribution is 8.18. The summed E-state index contributed by atoms with van der Waals surface area (Å²) in [6.07, 6.45) is 4.45. The van der Waals surface area contributed by atoms with Crippen molar-refractivity contribution in [2.45, 2.75) is 19.9 Å². The number of fused-ring (bicyclic) bond motifs is 1. The molecular formula is C30H26FN3O4S. The molecule has 0 aliphatic carbocycles. The Kier molecular flexibility index (Phi) is 7.79. The number of thioether (sulfide) groups is 1. The van der Waals surface area contributed by atoms with Crippen molar-refractivity contribution in [1.29, 1.82) is 0 Å². The number of hydrogen-bond donors (Lipinski definition) is 1. The molecule has 1 saturated heterocycles. The van der Waals surface area contributed by atoms with E-state index in [0.717, 1.165) is 45.3 Å². The number of aromatic nitrogens is 1. The van der Waals surface area contributed by atoms with Crippen LogP contribution >= 0.6 is 11.8 Å². The third-order valence-corrected chi connectivity index (χ3v) is 7.15. The van der Waals surface area contributed by atoms with Gasteiger partial charge in [0.05, 0.1) is 11.5 Å². The predicted octanol–water partition coefficient (Wildman–Crippen LogP) is 6.23. The molecule has 5 rings (SSSR count). The number of hydrogen-bond acceptors (Lipinski definition) is 5. The molecule has 7 nitrogen and oxygen atoms in total. The van der Waals surface area contributed by atoms with E-state index in [-0.39, 0.29) is 4.91 Å². The molecule has 3 aromatic carbocycles. The SMILES string of the molecule is Cc1ccc(OCCCn2cc(/C=C3\SC(=O)N(CC(=O)Nc4ccc(F)cc4)C3=O)c3ccccc32)cc1. The number of anilines is 1. The summed E-state index contributed by atoms with van der Waals surface area (Å²) in [5.74, 6) is -0.668. The standard InChI is InChI=1S/C30H26FN3O4S/c1-20-7-13-24(14-8-20)38-16-4-15-33-18-21(25-5-2-3-6-26(25)33)17-27-29(36)34(30(37)39-27)19-28(35)32-23-11-9-22(31)10-12-23/h2-3,5-14,17-18H,4,15-16,19H2,1H3,(H,32,35)/b27-17-. The Hall–Kier alpha value is -4.37. The molecule has 4 aromatic rings. The second-order valence-corrected chi connectivity index (χ2v) is 10.1. The van der Waals surface area contributed by atoms with Crippen LogP contribution in [-0.4, -0.2) is 39.7 Å². The van der Waals surface area contributed by atoms with Crippen LogP contribution in [0, 0.1) is 12.7 Å². The largest absolute Gasteiger partial charge is 0.494 e. The van der Waals surface area contributed by atoms with Crippen LogP contribution in [-0.2, 0) is 16.1 Å². The van der Waals surface area contributed by atoms with E-state index in [1.807, 2.05) is 61.7 Å². The Morgan fingerprint density at radius 2 is 1.77 bits per heavy atom. The molecule has 0 spiro atoms. The Bertz CT molecular complexity index is 1560. The summed E-state index contributed by atoms with van der Waals surface area (Å²) in [6, 6.07) is 21.1. The summed E-state index contributed by atoms with van der Waals surface area (Å²) in [5, 5.41) is 3.01. The lowest BCUT2D eigenvalue weighted by atomic mass is 10.1. The Morgan fingerprint density at radius 1 is 1.03 bits per heavy atom. The molecule has 39 heavy (non-hydrogen) atoms. The first-order chi connectivity index (χ1) is 18.9. The molecule has 1 aromatic heterocycles. The fourth-order valence-corrected chi connectivity index (χ4v) is 5.12. The second-order valence-electron chi connectivity index (χ2n) is 9.13. The molecule has 2 heterocycles. The van der Waals surface area contributed by atoms with Crippen LogP contribution in [0.5, 0.6) is 5.75 Å².